The van der Waals surface area contributed by atoms with Crippen molar-refractivity contribution in [3.63, 3.8) is 0 Å². The number of benzene rings is 1. The van der Waals surface area contributed by atoms with Crippen molar-refractivity contribution in [1.82, 2.24) is 5.32 Å². The van der Waals surface area contributed by atoms with Gasteiger partial charge in [0.15, 0.2) is 11.5 Å². The Bertz CT molecular complexity index is 1140. The van der Waals surface area contributed by atoms with Crippen LogP contribution in [0.1, 0.15) is 90.5 Å². The molecule has 41 heavy (non-hydrogen) atoms. The predicted molar refractivity (Wildman–Crippen MR) is 154 cm³/mol. The third kappa shape index (κ3) is 5.47. The van der Waals surface area contributed by atoms with Crippen molar-refractivity contribution < 1.29 is 35.1 Å². The Balaban J connectivity index is 1.20. The van der Waals surface area contributed by atoms with E-state index in [9.17, 15) is 35.1 Å². The summed E-state index contributed by atoms with van der Waals surface area (Å²) in [6.07, 6.45) is 8.46. The minimum Gasteiger partial charge on any atom is -0.504 e. The summed E-state index contributed by atoms with van der Waals surface area (Å²) in [5.74, 6) is 0.584. The third-order valence-electron chi connectivity index (χ3n) is 12.4. The lowest BCUT2D eigenvalue weighted by atomic mass is 9.43. The number of hydrogen-bond acceptors (Lipinski definition) is 6. The number of nitrogens with one attached hydrogen (secondary N) is 1. The van der Waals surface area contributed by atoms with Crippen molar-refractivity contribution in [1.29, 1.82) is 0 Å². The maximum Gasteiger partial charge on any atom is 0.326 e. The van der Waals surface area contributed by atoms with Crippen molar-refractivity contribution >= 4 is 11.9 Å². The van der Waals surface area contributed by atoms with Crippen LogP contribution in [0.5, 0.6) is 11.5 Å². The Kier molecular flexibility index (Phi) is 8.38. The largest absolute Gasteiger partial charge is 0.504 e. The van der Waals surface area contributed by atoms with Crippen LogP contribution < -0.4 is 5.32 Å². The maximum atomic E-state index is 12.9. The number of amides is 1. The molecule has 4 aliphatic carbocycles. The number of aromatic hydroxyl groups is 2. The Labute approximate surface area is 243 Å². The van der Waals surface area contributed by atoms with Crippen LogP contribution in [0.2, 0.25) is 0 Å². The van der Waals surface area contributed by atoms with Gasteiger partial charge in [0.25, 0.3) is 0 Å². The lowest BCUT2D eigenvalue weighted by Gasteiger charge is -2.62. The van der Waals surface area contributed by atoms with Gasteiger partial charge in [0.05, 0.1) is 12.2 Å². The van der Waals surface area contributed by atoms with Crippen LogP contribution in [0.15, 0.2) is 18.2 Å². The number of fused-ring (bicyclic) bond motifs is 5. The van der Waals surface area contributed by atoms with E-state index in [4.69, 9.17) is 0 Å². The molecule has 4 fully saturated rings. The normalized spacial score (nSPS) is 39.6. The van der Waals surface area contributed by atoms with E-state index in [1.165, 1.54) is 31.0 Å². The summed E-state index contributed by atoms with van der Waals surface area (Å²) in [4.78, 5) is 24.7. The number of aliphatic hydroxyl groups excluding tert-OH is 2. The van der Waals surface area contributed by atoms with Gasteiger partial charge in [-0.25, -0.2) is 4.79 Å². The summed E-state index contributed by atoms with van der Waals surface area (Å²) in [5, 5.41) is 53.7. The van der Waals surface area contributed by atoms with Crippen molar-refractivity contribution in [2.75, 3.05) is 0 Å². The molecule has 0 heterocycles. The maximum absolute atomic E-state index is 12.9. The van der Waals surface area contributed by atoms with Gasteiger partial charge in [-0.15, -0.1) is 0 Å². The minimum atomic E-state index is -1.15. The topological polar surface area (TPSA) is 147 Å². The van der Waals surface area contributed by atoms with E-state index in [0.29, 0.717) is 41.6 Å². The highest BCUT2D eigenvalue weighted by atomic mass is 16.4. The molecule has 0 aliphatic heterocycles. The second-order valence-electron chi connectivity index (χ2n) is 14.4. The van der Waals surface area contributed by atoms with E-state index in [1.54, 1.807) is 0 Å². The number of carbonyl (C=O) groups excluding carboxylic acids is 1. The molecule has 1 amide bonds. The zero-order chi connectivity index (χ0) is 29.7. The van der Waals surface area contributed by atoms with E-state index in [2.05, 4.69) is 26.1 Å². The monoisotopic (exact) mass is 571 g/mol. The predicted octanol–water partition coefficient (Wildman–Crippen LogP) is 4.62. The Morgan fingerprint density at radius 1 is 1.00 bits per heavy atom. The molecule has 1 aromatic rings. The summed E-state index contributed by atoms with van der Waals surface area (Å²) in [5.41, 5.74) is 0.522. The number of carbonyl (C=O) groups is 2. The van der Waals surface area contributed by atoms with Crippen LogP contribution in [0.3, 0.4) is 0 Å². The lowest BCUT2D eigenvalue weighted by Crippen LogP contribution is -2.58. The number of hydrogen-bond donors (Lipinski definition) is 6. The minimum absolute atomic E-state index is 0.000325. The summed E-state index contributed by atoms with van der Waals surface area (Å²) < 4.78 is 0. The summed E-state index contributed by atoms with van der Waals surface area (Å²) in [7, 11) is 0. The van der Waals surface area contributed by atoms with Crippen LogP contribution in [-0.4, -0.2) is 55.7 Å². The molecule has 0 bridgehead atoms. The molecular weight excluding hydrogens is 522 g/mol. The molecule has 228 valence electrons. The van der Waals surface area contributed by atoms with Gasteiger partial charge in [-0.05, 0) is 122 Å². The molecule has 5 rings (SSSR count). The number of carboxylic acids is 1. The van der Waals surface area contributed by atoms with Gasteiger partial charge < -0.3 is 30.8 Å². The van der Waals surface area contributed by atoms with Gasteiger partial charge in [0, 0.05) is 12.8 Å². The first-order valence-electron chi connectivity index (χ1n) is 15.7. The molecule has 0 spiro atoms. The molecule has 0 unspecified atom stereocenters. The summed E-state index contributed by atoms with van der Waals surface area (Å²) >= 11 is 0. The van der Waals surface area contributed by atoms with Crippen molar-refractivity contribution in [2.45, 2.75) is 110 Å². The zero-order valence-corrected chi connectivity index (χ0v) is 24.8. The molecule has 1 aromatic carbocycles. The second kappa shape index (κ2) is 11.4. The molecule has 0 radical (unpaired) electrons. The number of carboxylic acid groups (broad SMARTS) is 1. The van der Waals surface area contributed by atoms with Crippen molar-refractivity contribution in [2.24, 2.45) is 46.3 Å². The molecule has 8 nitrogen and oxygen atoms in total. The first-order chi connectivity index (χ1) is 19.3. The second-order valence-corrected chi connectivity index (χ2v) is 14.4. The SMILES string of the molecule is C[C@H](CCC(=O)N[C@@H](Cc1ccc(O)c(O)c1)C(=O)O)[C@H]1CC[C@H]2[C@@H]3CC[C@@H]4C[C@H](O)CC[C@]4(C)[C@H]3C[C@H](O)[C@]12C. The van der Waals surface area contributed by atoms with E-state index in [1.807, 2.05) is 0 Å². The van der Waals surface area contributed by atoms with Crippen LogP contribution in [-0.2, 0) is 16.0 Å². The lowest BCUT2D eigenvalue weighted by molar-refractivity contribution is -0.175. The van der Waals surface area contributed by atoms with Gasteiger partial charge >= 0.3 is 5.97 Å². The molecule has 4 saturated carbocycles. The smallest absolute Gasteiger partial charge is 0.326 e. The van der Waals surface area contributed by atoms with Crippen LogP contribution in [0.4, 0.5) is 0 Å². The first kappa shape index (κ1) is 30.1. The number of rotatable bonds is 8. The fraction of sp³-hybridized carbons (Fsp3) is 0.758. The van der Waals surface area contributed by atoms with Crippen LogP contribution in [0.25, 0.3) is 0 Å². The molecular formula is C33H49NO7. The van der Waals surface area contributed by atoms with Gasteiger partial charge in [-0.1, -0.05) is 26.8 Å². The van der Waals surface area contributed by atoms with E-state index in [0.717, 1.165) is 38.5 Å². The Hall–Kier alpha value is -2.32. The highest BCUT2D eigenvalue weighted by Crippen LogP contribution is 2.68. The molecule has 4 aliphatic rings. The molecule has 8 heteroatoms. The fourth-order valence-electron chi connectivity index (χ4n) is 10.1. The standard InChI is InChI=1S/C33H49NO7/c1-18(4-11-30(39)34-26(31(40)41)14-19-5-10-27(36)28(37)15-19)23-8-9-24-22-7-6-20-16-21(35)12-13-32(20,2)25(22)17-29(38)33(23,24)3/h5,10,15,18,20-26,29,35-38H,4,6-9,11-14,16-17H2,1-3H3,(H,34,39)(H,40,41)/t18-,20-,21-,22+,23-,24+,25+,26+,29+,32+,33-/m1/s1. The summed E-state index contributed by atoms with van der Waals surface area (Å²) in [6.45, 7) is 6.90. The van der Waals surface area contributed by atoms with Crippen LogP contribution >= 0.6 is 0 Å². The number of phenols is 2. The average Bonchev–Trinajstić information content (AvgIpc) is 3.28. The van der Waals surface area contributed by atoms with Crippen molar-refractivity contribution in [3.8, 4) is 11.5 Å². The Morgan fingerprint density at radius 3 is 2.46 bits per heavy atom. The molecule has 0 aromatic heterocycles. The first-order valence-corrected chi connectivity index (χ1v) is 15.7. The molecule has 6 N–H and O–H groups in total. The van der Waals surface area contributed by atoms with E-state index < -0.39 is 12.0 Å². The zero-order valence-electron chi connectivity index (χ0n) is 24.8. The van der Waals surface area contributed by atoms with Crippen molar-refractivity contribution in [3.05, 3.63) is 23.8 Å². The average molecular weight is 572 g/mol. The quantitative estimate of drug-likeness (QED) is 0.250. The van der Waals surface area contributed by atoms with Gasteiger partial charge in [-0.2, -0.15) is 0 Å². The van der Waals surface area contributed by atoms with E-state index >= 15 is 0 Å². The highest BCUT2D eigenvalue weighted by molar-refractivity contribution is 5.83. The third-order valence-corrected chi connectivity index (χ3v) is 12.4. The van der Waals surface area contributed by atoms with E-state index in [-0.39, 0.29) is 59.2 Å². The molecule has 11 atom stereocenters. The molecule has 0 saturated heterocycles. The number of aliphatic hydroxyl groups is 2. The van der Waals surface area contributed by atoms with Gasteiger partial charge in [0.2, 0.25) is 5.91 Å². The van der Waals surface area contributed by atoms with Crippen LogP contribution in [0, 0.1) is 46.3 Å². The van der Waals surface area contributed by atoms with Gasteiger partial charge in [-0.3, -0.25) is 4.79 Å². The summed E-state index contributed by atoms with van der Waals surface area (Å²) in [6, 6.07) is 3.00. The number of phenolic OH excluding ortho intramolecular Hbond substituents is 2. The Morgan fingerprint density at radius 2 is 1.76 bits per heavy atom. The number of aliphatic carboxylic acids is 1. The fourth-order valence-corrected chi connectivity index (χ4v) is 10.1. The van der Waals surface area contributed by atoms with Gasteiger partial charge in [0.1, 0.15) is 6.04 Å². The highest BCUT2D eigenvalue weighted by Gasteiger charge is 2.63.